The summed E-state index contributed by atoms with van der Waals surface area (Å²) in [6.07, 6.45) is -5.18. The van der Waals surface area contributed by atoms with Crippen molar-refractivity contribution in [2.24, 2.45) is 17.4 Å². The molecule has 2 aromatic rings. The van der Waals surface area contributed by atoms with Crippen molar-refractivity contribution in [3.8, 4) is 5.69 Å². The Bertz CT molecular complexity index is 1360. The van der Waals surface area contributed by atoms with Gasteiger partial charge in [-0.15, -0.1) is 0 Å². The zero-order chi connectivity index (χ0) is 25.6. The SMILES string of the molecule is CC(C)=NOC(=O)C1(C)CC(c2cc(-n3c(=O)cc(C(F)(F)F)n(C)c3=O)c(F)cc2Cl)=NO1. The highest BCUT2D eigenvalue weighted by Gasteiger charge is 2.45. The van der Waals surface area contributed by atoms with Gasteiger partial charge in [-0.1, -0.05) is 21.9 Å². The Balaban J connectivity index is 2.07. The zero-order valence-electron chi connectivity index (χ0n) is 18.2. The number of nitrogens with zero attached hydrogens (tertiary/aromatic N) is 4. The van der Waals surface area contributed by atoms with Gasteiger partial charge in [0.25, 0.3) is 5.56 Å². The Morgan fingerprint density at radius 2 is 1.91 bits per heavy atom. The highest BCUT2D eigenvalue weighted by molar-refractivity contribution is 6.34. The molecule has 1 atom stereocenters. The van der Waals surface area contributed by atoms with Gasteiger partial charge in [-0.25, -0.2) is 18.5 Å². The molecule has 1 aliphatic rings. The van der Waals surface area contributed by atoms with Crippen LogP contribution >= 0.6 is 11.6 Å². The second kappa shape index (κ2) is 8.70. The van der Waals surface area contributed by atoms with Crippen LogP contribution in [0, 0.1) is 5.82 Å². The third-order valence-corrected chi connectivity index (χ3v) is 5.12. The largest absolute Gasteiger partial charge is 0.431 e. The normalized spacial score (nSPS) is 17.7. The van der Waals surface area contributed by atoms with E-state index in [9.17, 15) is 31.9 Å². The van der Waals surface area contributed by atoms with Crippen molar-refractivity contribution >= 4 is 29.0 Å². The molecule has 34 heavy (non-hydrogen) atoms. The summed E-state index contributed by atoms with van der Waals surface area (Å²) in [4.78, 5) is 47.2. The monoisotopic (exact) mass is 504 g/mol. The fourth-order valence-electron chi connectivity index (χ4n) is 3.07. The molecule has 0 amide bonds. The van der Waals surface area contributed by atoms with Gasteiger partial charge in [0.2, 0.25) is 5.60 Å². The predicted octanol–water partition coefficient (Wildman–Crippen LogP) is 3.17. The summed E-state index contributed by atoms with van der Waals surface area (Å²) < 4.78 is 54.4. The average molecular weight is 505 g/mol. The van der Waals surface area contributed by atoms with Crippen LogP contribution in [0.25, 0.3) is 5.69 Å². The van der Waals surface area contributed by atoms with Crippen LogP contribution in [-0.4, -0.2) is 32.1 Å². The standard InChI is InChI=1S/C20H17ClF4N4O5/c1-9(2)26-33-17(31)19(3)8-13(27-34-19)10-5-14(12(22)6-11(10)21)29-16(30)7-15(20(23,24)25)28(4)18(29)32/h5-7H,8H2,1-4H3. The van der Waals surface area contributed by atoms with E-state index in [-0.39, 0.29) is 37.9 Å². The molecule has 0 N–H and O–H groups in total. The van der Waals surface area contributed by atoms with Gasteiger partial charge in [-0.05, 0) is 32.9 Å². The number of hydrogen-bond acceptors (Lipinski definition) is 7. The van der Waals surface area contributed by atoms with Crippen LogP contribution in [0.5, 0.6) is 0 Å². The van der Waals surface area contributed by atoms with Crippen LogP contribution in [0.3, 0.4) is 0 Å². The first kappa shape index (κ1) is 25.1. The predicted molar refractivity (Wildman–Crippen MR) is 113 cm³/mol. The lowest BCUT2D eigenvalue weighted by atomic mass is 9.95. The van der Waals surface area contributed by atoms with Gasteiger partial charge in [-0.2, -0.15) is 13.2 Å². The summed E-state index contributed by atoms with van der Waals surface area (Å²) in [5.74, 6) is -2.03. The molecular formula is C20H17ClF4N4O5. The van der Waals surface area contributed by atoms with Gasteiger partial charge in [0.1, 0.15) is 11.5 Å². The lowest BCUT2D eigenvalue weighted by molar-refractivity contribution is -0.167. The van der Waals surface area contributed by atoms with E-state index in [4.69, 9.17) is 21.3 Å². The lowest BCUT2D eigenvalue weighted by Gasteiger charge is -2.17. The molecule has 0 saturated heterocycles. The fourth-order valence-corrected chi connectivity index (χ4v) is 3.33. The molecule has 3 rings (SSSR count). The van der Waals surface area contributed by atoms with E-state index in [0.29, 0.717) is 5.71 Å². The number of benzene rings is 1. The summed E-state index contributed by atoms with van der Waals surface area (Å²) in [5, 5.41) is 7.13. The van der Waals surface area contributed by atoms with E-state index in [1.54, 1.807) is 13.8 Å². The highest BCUT2D eigenvalue weighted by atomic mass is 35.5. The summed E-state index contributed by atoms with van der Waals surface area (Å²) in [7, 11) is 0.794. The van der Waals surface area contributed by atoms with Crippen LogP contribution in [0.4, 0.5) is 17.6 Å². The minimum absolute atomic E-state index is 0.0152. The Kier molecular flexibility index (Phi) is 6.44. The van der Waals surface area contributed by atoms with E-state index in [2.05, 4.69) is 10.3 Å². The molecule has 0 bridgehead atoms. The third-order valence-electron chi connectivity index (χ3n) is 4.80. The van der Waals surface area contributed by atoms with Crippen molar-refractivity contribution < 1.29 is 32.0 Å². The number of hydrogen-bond donors (Lipinski definition) is 0. The second-order valence-electron chi connectivity index (χ2n) is 7.78. The topological polar surface area (TPSA) is 104 Å². The number of rotatable bonds is 4. The molecule has 1 unspecified atom stereocenters. The summed E-state index contributed by atoms with van der Waals surface area (Å²) in [5.41, 5.74) is -6.12. The minimum atomic E-state index is -4.98. The second-order valence-corrected chi connectivity index (χ2v) is 8.19. The quantitative estimate of drug-likeness (QED) is 0.275. The molecule has 1 aliphatic heterocycles. The first-order chi connectivity index (χ1) is 15.7. The van der Waals surface area contributed by atoms with Crippen molar-refractivity contribution in [2.45, 2.75) is 39.0 Å². The van der Waals surface area contributed by atoms with Gasteiger partial charge in [0.15, 0.2) is 0 Å². The van der Waals surface area contributed by atoms with E-state index >= 15 is 0 Å². The van der Waals surface area contributed by atoms with E-state index < -0.39 is 46.2 Å². The van der Waals surface area contributed by atoms with Crippen LogP contribution in [0.15, 0.2) is 38.1 Å². The van der Waals surface area contributed by atoms with Crippen LogP contribution in [0.1, 0.15) is 38.4 Å². The smallest absolute Gasteiger partial charge is 0.377 e. The highest BCUT2D eigenvalue weighted by Crippen LogP contribution is 2.32. The Morgan fingerprint density at radius 3 is 2.50 bits per heavy atom. The maximum Gasteiger partial charge on any atom is 0.431 e. The third kappa shape index (κ3) is 4.60. The van der Waals surface area contributed by atoms with Crippen LogP contribution < -0.4 is 11.2 Å². The summed E-state index contributed by atoms with van der Waals surface area (Å²) in [6, 6.07) is 1.90. The van der Waals surface area contributed by atoms with Crippen molar-refractivity contribution in [1.82, 2.24) is 9.13 Å². The molecule has 0 spiro atoms. The summed E-state index contributed by atoms with van der Waals surface area (Å²) >= 11 is 6.11. The first-order valence-corrected chi connectivity index (χ1v) is 9.91. The molecule has 1 aromatic heterocycles. The average Bonchev–Trinajstić information content (AvgIpc) is 3.12. The molecule has 14 heteroatoms. The molecule has 0 fully saturated rings. The molecule has 0 aliphatic carbocycles. The number of oxime groups is 2. The Labute approximate surface area is 193 Å². The van der Waals surface area contributed by atoms with E-state index in [1.165, 1.54) is 6.92 Å². The molecule has 1 aromatic carbocycles. The fraction of sp³-hybridized carbons (Fsp3) is 0.350. The van der Waals surface area contributed by atoms with E-state index in [1.807, 2.05) is 0 Å². The molecule has 0 saturated carbocycles. The Hall–Kier alpha value is -3.48. The molecule has 182 valence electrons. The van der Waals surface area contributed by atoms with Gasteiger partial charge < -0.3 is 9.68 Å². The number of aromatic nitrogens is 2. The summed E-state index contributed by atoms with van der Waals surface area (Å²) in [6.45, 7) is 4.56. The number of carbonyl (C=O) groups excluding carboxylic acids is 1. The number of carbonyl (C=O) groups is 1. The maximum absolute atomic E-state index is 14.7. The van der Waals surface area contributed by atoms with Crippen LogP contribution in [0.2, 0.25) is 5.02 Å². The van der Waals surface area contributed by atoms with Gasteiger partial charge in [0.05, 0.1) is 22.1 Å². The number of alkyl halides is 3. The van der Waals surface area contributed by atoms with Gasteiger partial charge in [-0.3, -0.25) is 9.36 Å². The van der Waals surface area contributed by atoms with Crippen molar-refractivity contribution in [2.75, 3.05) is 0 Å². The van der Waals surface area contributed by atoms with Gasteiger partial charge >= 0.3 is 17.8 Å². The minimum Gasteiger partial charge on any atom is -0.377 e. The van der Waals surface area contributed by atoms with Gasteiger partial charge in [0, 0.05) is 25.1 Å². The molecule has 2 heterocycles. The van der Waals surface area contributed by atoms with Crippen molar-refractivity contribution in [3.63, 3.8) is 0 Å². The van der Waals surface area contributed by atoms with Crippen molar-refractivity contribution in [1.29, 1.82) is 0 Å². The number of halogens is 5. The first-order valence-electron chi connectivity index (χ1n) is 9.53. The molecule has 9 nitrogen and oxygen atoms in total. The maximum atomic E-state index is 14.7. The molecular weight excluding hydrogens is 488 g/mol. The van der Waals surface area contributed by atoms with Crippen LogP contribution in [-0.2, 0) is 27.7 Å². The van der Waals surface area contributed by atoms with E-state index in [0.717, 1.165) is 19.2 Å². The Morgan fingerprint density at radius 1 is 1.26 bits per heavy atom. The van der Waals surface area contributed by atoms with Crippen molar-refractivity contribution in [3.05, 3.63) is 61.1 Å². The zero-order valence-corrected chi connectivity index (χ0v) is 18.9. The molecule has 0 radical (unpaired) electrons. The lowest BCUT2D eigenvalue weighted by Crippen LogP contribution is -2.41.